The third-order valence-electron chi connectivity index (χ3n) is 3.49. The van der Waals surface area contributed by atoms with Gasteiger partial charge in [0.25, 0.3) is 0 Å². The molecule has 24 heavy (non-hydrogen) atoms. The van der Waals surface area contributed by atoms with E-state index in [2.05, 4.69) is 15.6 Å². The molecule has 2 unspecified atom stereocenters. The molecule has 0 bridgehead atoms. The van der Waals surface area contributed by atoms with Crippen LogP contribution in [0.5, 0.6) is 0 Å². The molecular weight excluding hydrogens is 444 g/mol. The largest absolute Gasteiger partial charge is 0.390 e. The van der Waals surface area contributed by atoms with Crippen LogP contribution in [-0.2, 0) is 0 Å². The highest BCUT2D eigenvalue weighted by Gasteiger charge is 2.42. The van der Waals surface area contributed by atoms with E-state index >= 15 is 0 Å². The predicted octanol–water partition coefficient (Wildman–Crippen LogP) is 3.95. The van der Waals surface area contributed by atoms with Crippen molar-refractivity contribution < 1.29 is 22.0 Å². The Morgan fingerprint density at radius 3 is 2.42 bits per heavy atom. The summed E-state index contributed by atoms with van der Waals surface area (Å²) < 4.78 is 63.8. The highest BCUT2D eigenvalue weighted by atomic mass is 127. The summed E-state index contributed by atoms with van der Waals surface area (Å²) in [5, 5.41) is 5.74. The van der Waals surface area contributed by atoms with Gasteiger partial charge in [-0.2, -0.15) is 13.2 Å². The van der Waals surface area contributed by atoms with Gasteiger partial charge in [0.2, 0.25) is 0 Å². The van der Waals surface area contributed by atoms with Crippen LogP contribution in [0.2, 0.25) is 0 Å². The number of benzene rings is 1. The molecule has 0 radical (unpaired) electrons. The average molecular weight is 463 g/mol. The maximum absolute atomic E-state index is 13.7. The molecule has 2 N–H and O–H groups in total. The molecule has 3 nitrogen and oxygen atoms in total. The maximum Gasteiger partial charge on any atom is 0.390 e. The zero-order chi connectivity index (χ0) is 17.0. The van der Waals surface area contributed by atoms with Crippen LogP contribution in [0, 0.1) is 11.6 Å². The molecule has 0 amide bonds. The van der Waals surface area contributed by atoms with Gasteiger partial charge in [0, 0.05) is 24.1 Å². The smallest absolute Gasteiger partial charge is 0.357 e. The summed E-state index contributed by atoms with van der Waals surface area (Å²) in [6.45, 7) is 1.86. The lowest BCUT2D eigenvalue weighted by atomic mass is 10.1. The summed E-state index contributed by atoms with van der Waals surface area (Å²) >= 11 is 0. The molecule has 1 fully saturated rings. The Morgan fingerprint density at radius 2 is 1.88 bits per heavy atom. The van der Waals surface area contributed by atoms with Crippen LogP contribution >= 0.6 is 24.0 Å². The quantitative estimate of drug-likeness (QED) is 0.301. The van der Waals surface area contributed by atoms with Crippen LogP contribution in [0.3, 0.4) is 0 Å². The molecule has 136 valence electrons. The Kier molecular flexibility index (Phi) is 7.68. The van der Waals surface area contributed by atoms with E-state index in [1.54, 1.807) is 6.92 Å². The molecular formula is C15H19F5IN3. The van der Waals surface area contributed by atoms with Gasteiger partial charge >= 0.3 is 6.18 Å². The van der Waals surface area contributed by atoms with Crippen molar-refractivity contribution in [2.24, 2.45) is 4.99 Å². The van der Waals surface area contributed by atoms with Crippen LogP contribution in [0.25, 0.3) is 0 Å². The summed E-state index contributed by atoms with van der Waals surface area (Å²) in [7, 11) is 0. The van der Waals surface area contributed by atoms with Gasteiger partial charge in [0.1, 0.15) is 11.6 Å². The lowest BCUT2D eigenvalue weighted by Gasteiger charge is -2.12. The summed E-state index contributed by atoms with van der Waals surface area (Å²) in [6, 6.07) is 3.43. The van der Waals surface area contributed by atoms with Gasteiger partial charge < -0.3 is 10.6 Å². The first-order valence-electron chi connectivity index (χ1n) is 7.37. The van der Waals surface area contributed by atoms with Gasteiger partial charge in [0.05, 0.1) is 13.0 Å². The van der Waals surface area contributed by atoms with Crippen molar-refractivity contribution in [1.82, 2.24) is 10.6 Å². The fourth-order valence-corrected chi connectivity index (χ4v) is 2.33. The van der Waals surface area contributed by atoms with E-state index in [1.807, 2.05) is 0 Å². The predicted molar refractivity (Wildman–Crippen MR) is 92.7 cm³/mol. The summed E-state index contributed by atoms with van der Waals surface area (Å²) in [6.07, 6.45) is -4.78. The minimum atomic E-state index is -4.26. The van der Waals surface area contributed by atoms with Crippen LogP contribution < -0.4 is 10.6 Å². The van der Waals surface area contributed by atoms with Gasteiger partial charge in [-0.05, 0) is 25.5 Å². The second kappa shape index (κ2) is 8.82. The van der Waals surface area contributed by atoms with Crippen molar-refractivity contribution >= 4 is 29.9 Å². The topological polar surface area (TPSA) is 36.4 Å². The molecule has 1 aliphatic rings. The molecule has 1 aromatic rings. The first kappa shape index (κ1) is 20.9. The number of guanidine groups is 1. The highest BCUT2D eigenvalue weighted by molar-refractivity contribution is 14.0. The van der Waals surface area contributed by atoms with Crippen molar-refractivity contribution in [1.29, 1.82) is 0 Å². The lowest BCUT2D eigenvalue weighted by Crippen LogP contribution is -2.39. The normalized spacial score (nSPS) is 20.3. The molecule has 1 aromatic carbocycles. The van der Waals surface area contributed by atoms with Crippen LogP contribution in [0.15, 0.2) is 23.2 Å². The van der Waals surface area contributed by atoms with E-state index in [0.29, 0.717) is 13.0 Å². The molecule has 2 rings (SSSR count). The lowest BCUT2D eigenvalue weighted by molar-refractivity contribution is -0.132. The number of rotatable bonds is 5. The molecule has 0 spiro atoms. The van der Waals surface area contributed by atoms with E-state index in [9.17, 15) is 22.0 Å². The SMILES string of the molecule is CCNC(=NCCC(F)(F)F)NC1CC1c1c(F)cccc1F.I. The van der Waals surface area contributed by atoms with E-state index in [-0.39, 0.29) is 47.5 Å². The molecule has 0 aliphatic heterocycles. The first-order valence-corrected chi connectivity index (χ1v) is 7.37. The zero-order valence-electron chi connectivity index (χ0n) is 13.0. The van der Waals surface area contributed by atoms with Crippen molar-refractivity contribution in [3.63, 3.8) is 0 Å². The fraction of sp³-hybridized carbons (Fsp3) is 0.533. The van der Waals surface area contributed by atoms with E-state index in [4.69, 9.17) is 0 Å². The summed E-state index contributed by atoms with van der Waals surface area (Å²) in [5.74, 6) is -1.35. The second-order valence-electron chi connectivity index (χ2n) is 5.35. The van der Waals surface area contributed by atoms with Crippen molar-refractivity contribution in [3.8, 4) is 0 Å². The van der Waals surface area contributed by atoms with Crippen LogP contribution in [0.4, 0.5) is 22.0 Å². The van der Waals surface area contributed by atoms with Crippen LogP contribution in [0.1, 0.15) is 31.2 Å². The van der Waals surface area contributed by atoms with E-state index in [1.165, 1.54) is 18.2 Å². The number of hydrogen-bond acceptors (Lipinski definition) is 1. The minimum absolute atomic E-state index is 0. The van der Waals surface area contributed by atoms with Crippen molar-refractivity contribution in [2.45, 2.75) is 37.9 Å². The van der Waals surface area contributed by atoms with E-state index in [0.717, 1.165) is 0 Å². The molecule has 9 heteroatoms. The molecule has 0 saturated heterocycles. The van der Waals surface area contributed by atoms with Crippen molar-refractivity contribution in [3.05, 3.63) is 35.4 Å². The number of alkyl halides is 3. The maximum atomic E-state index is 13.7. The Morgan fingerprint density at radius 1 is 1.25 bits per heavy atom. The summed E-state index contributed by atoms with van der Waals surface area (Å²) in [4.78, 5) is 3.84. The number of aliphatic imine (C=N–C) groups is 1. The van der Waals surface area contributed by atoms with Gasteiger partial charge in [0.15, 0.2) is 5.96 Å². The number of nitrogens with one attached hydrogen (secondary N) is 2. The third-order valence-corrected chi connectivity index (χ3v) is 3.49. The molecule has 0 heterocycles. The molecule has 2 atom stereocenters. The summed E-state index contributed by atoms with van der Waals surface area (Å²) in [5.41, 5.74) is 0.0103. The van der Waals surface area contributed by atoms with E-state index < -0.39 is 30.8 Å². The van der Waals surface area contributed by atoms with Gasteiger partial charge in [-0.1, -0.05) is 6.07 Å². The average Bonchev–Trinajstić information content (AvgIpc) is 3.16. The van der Waals surface area contributed by atoms with Gasteiger partial charge in [-0.3, -0.25) is 4.99 Å². The van der Waals surface area contributed by atoms with Gasteiger partial charge in [-0.15, -0.1) is 24.0 Å². The first-order chi connectivity index (χ1) is 10.8. The van der Waals surface area contributed by atoms with Crippen molar-refractivity contribution in [2.75, 3.05) is 13.1 Å². The highest BCUT2D eigenvalue weighted by Crippen LogP contribution is 2.43. The molecule has 1 aliphatic carbocycles. The minimum Gasteiger partial charge on any atom is -0.357 e. The number of hydrogen-bond donors (Lipinski definition) is 2. The Hall–Kier alpha value is -1.13. The number of nitrogens with zero attached hydrogens (tertiary/aromatic N) is 1. The number of halogens is 6. The Labute approximate surface area is 154 Å². The standard InChI is InChI=1S/C15H18F5N3.HI/c1-2-21-14(22-7-6-15(18,19)20)23-12-8-9(12)13-10(16)4-3-5-11(13)17;/h3-5,9,12H,2,6-8H2,1H3,(H2,21,22,23);1H. The monoisotopic (exact) mass is 463 g/mol. The third kappa shape index (κ3) is 6.06. The fourth-order valence-electron chi connectivity index (χ4n) is 2.33. The second-order valence-corrected chi connectivity index (χ2v) is 5.35. The van der Waals surface area contributed by atoms with Crippen LogP contribution in [-0.4, -0.2) is 31.3 Å². The molecule has 1 saturated carbocycles. The molecule has 0 aromatic heterocycles. The Balaban J connectivity index is 0.00000288. The van der Waals surface area contributed by atoms with Gasteiger partial charge in [-0.25, -0.2) is 8.78 Å². The Bertz CT molecular complexity index is 556. The zero-order valence-corrected chi connectivity index (χ0v) is 15.3.